The molecule has 10 rings (SSSR count). The third-order valence-electron chi connectivity index (χ3n) is 12.2. The fourth-order valence-electron chi connectivity index (χ4n) is 9.46. The second-order valence-electron chi connectivity index (χ2n) is 16.0. The quantitative estimate of drug-likeness (QED) is 0.162. The van der Waals surface area contributed by atoms with E-state index in [4.69, 9.17) is 0 Å². The second-order valence-corrected chi connectivity index (χ2v) is 16.0. The molecule has 1 aliphatic rings. The molecule has 0 fully saturated rings. The monoisotopic (exact) mass is 693 g/mol. The molecule has 0 saturated heterocycles. The van der Waals surface area contributed by atoms with Gasteiger partial charge in [0.25, 0.3) is 0 Å². The number of nitrogens with zero attached hydrogens (tertiary/aromatic N) is 1. The average Bonchev–Trinajstić information content (AvgIpc) is 3.18. The Morgan fingerprint density at radius 2 is 1.02 bits per heavy atom. The maximum absolute atomic E-state index is 2.47. The minimum atomic E-state index is -0.215. The Hall–Kier alpha value is -6.18. The van der Waals surface area contributed by atoms with Crippen LogP contribution in [0.15, 0.2) is 152 Å². The predicted octanol–water partition coefficient (Wildman–Crippen LogP) is 14.9. The van der Waals surface area contributed by atoms with Gasteiger partial charge in [-0.25, -0.2) is 0 Å². The van der Waals surface area contributed by atoms with Gasteiger partial charge in [0.05, 0.1) is 0 Å². The Bertz CT molecular complexity index is 2880. The lowest BCUT2D eigenvalue weighted by Gasteiger charge is -2.37. The van der Waals surface area contributed by atoms with Crippen molar-refractivity contribution in [2.24, 2.45) is 0 Å². The lowest BCUT2D eigenvalue weighted by atomic mass is 9.67. The molecular formula is C53H43N. The van der Waals surface area contributed by atoms with Gasteiger partial charge in [0, 0.05) is 22.5 Å². The third-order valence-corrected chi connectivity index (χ3v) is 12.2. The van der Waals surface area contributed by atoms with Gasteiger partial charge >= 0.3 is 0 Å². The normalized spacial score (nSPS) is 13.1. The molecule has 0 N–H and O–H groups in total. The van der Waals surface area contributed by atoms with E-state index in [1.165, 1.54) is 116 Å². The molecule has 1 aliphatic carbocycles. The molecule has 9 aromatic carbocycles. The van der Waals surface area contributed by atoms with Crippen molar-refractivity contribution in [3.63, 3.8) is 0 Å². The number of rotatable bonds is 5. The maximum atomic E-state index is 2.47. The molecule has 1 nitrogen and oxygen atoms in total. The van der Waals surface area contributed by atoms with E-state index in [0.717, 1.165) is 0 Å². The number of aryl methyl sites for hydroxylation is 4. The highest BCUT2D eigenvalue weighted by Gasteiger charge is 2.35. The minimum absolute atomic E-state index is 0.215. The highest BCUT2D eigenvalue weighted by molar-refractivity contribution is 6.29. The summed E-state index contributed by atoms with van der Waals surface area (Å²) in [7, 11) is 0. The fourth-order valence-corrected chi connectivity index (χ4v) is 9.46. The van der Waals surface area contributed by atoms with E-state index in [2.05, 4.69) is 198 Å². The Balaban J connectivity index is 1.17. The van der Waals surface area contributed by atoms with Crippen molar-refractivity contribution in [3.8, 4) is 33.4 Å². The van der Waals surface area contributed by atoms with Crippen molar-refractivity contribution in [2.75, 3.05) is 4.90 Å². The Morgan fingerprint density at radius 1 is 0.407 bits per heavy atom. The molecule has 0 heterocycles. The first kappa shape index (κ1) is 32.5. The van der Waals surface area contributed by atoms with Gasteiger partial charge in [0.2, 0.25) is 0 Å². The first-order valence-corrected chi connectivity index (χ1v) is 19.2. The summed E-state index contributed by atoms with van der Waals surface area (Å²) in [5, 5.41) is 8.05. The van der Waals surface area contributed by atoms with Crippen LogP contribution in [0.4, 0.5) is 17.1 Å². The molecule has 1 heteroatoms. The van der Waals surface area contributed by atoms with Crippen molar-refractivity contribution in [1.82, 2.24) is 0 Å². The van der Waals surface area contributed by atoms with Crippen LogP contribution in [-0.4, -0.2) is 0 Å². The van der Waals surface area contributed by atoms with Crippen LogP contribution < -0.4 is 4.90 Å². The molecule has 0 bridgehead atoms. The fraction of sp³-hybridized carbons (Fsp3) is 0.132. The van der Waals surface area contributed by atoms with E-state index in [0.29, 0.717) is 0 Å². The SMILES string of the molecule is Cc1ccc(N(c2ccc3c(c2)C(C)(C)c2ccc4ccc5c(-c6ccc(-c7ccccc7)cc6)ccc6cc-3c2c4c65)c2ccc(C)cc2C)c(C)c1. The van der Waals surface area contributed by atoms with Crippen LogP contribution in [0.1, 0.15) is 47.2 Å². The lowest BCUT2D eigenvalue weighted by molar-refractivity contribution is 0.645. The van der Waals surface area contributed by atoms with Crippen LogP contribution in [0.2, 0.25) is 0 Å². The summed E-state index contributed by atoms with van der Waals surface area (Å²) in [6.45, 7) is 13.7. The molecule has 0 unspecified atom stereocenters. The first-order chi connectivity index (χ1) is 26.2. The number of benzene rings is 9. The third kappa shape index (κ3) is 4.85. The van der Waals surface area contributed by atoms with Crippen molar-refractivity contribution in [3.05, 3.63) is 185 Å². The Labute approximate surface area is 318 Å². The first-order valence-electron chi connectivity index (χ1n) is 19.2. The van der Waals surface area contributed by atoms with Gasteiger partial charge in [-0.15, -0.1) is 0 Å². The van der Waals surface area contributed by atoms with Gasteiger partial charge in [-0.05, 0) is 146 Å². The van der Waals surface area contributed by atoms with Gasteiger partial charge in [-0.3, -0.25) is 0 Å². The molecule has 0 atom stereocenters. The van der Waals surface area contributed by atoms with Crippen molar-refractivity contribution in [1.29, 1.82) is 0 Å². The molecule has 260 valence electrons. The smallest absolute Gasteiger partial charge is 0.0491 e. The summed E-state index contributed by atoms with van der Waals surface area (Å²) in [5.74, 6) is 0. The van der Waals surface area contributed by atoms with Gasteiger partial charge in [-0.1, -0.05) is 146 Å². The van der Waals surface area contributed by atoms with Crippen molar-refractivity contribution < 1.29 is 0 Å². The minimum Gasteiger partial charge on any atom is -0.310 e. The zero-order valence-electron chi connectivity index (χ0n) is 31.9. The molecule has 0 amide bonds. The van der Waals surface area contributed by atoms with Gasteiger partial charge in [-0.2, -0.15) is 0 Å². The largest absolute Gasteiger partial charge is 0.310 e. The van der Waals surface area contributed by atoms with Crippen LogP contribution in [0.3, 0.4) is 0 Å². The van der Waals surface area contributed by atoms with E-state index in [-0.39, 0.29) is 5.41 Å². The highest BCUT2D eigenvalue weighted by atomic mass is 15.1. The van der Waals surface area contributed by atoms with Crippen LogP contribution in [0, 0.1) is 27.7 Å². The molecule has 54 heavy (non-hydrogen) atoms. The maximum Gasteiger partial charge on any atom is 0.0491 e. The topological polar surface area (TPSA) is 3.24 Å². The molecular weight excluding hydrogens is 651 g/mol. The molecule has 0 aliphatic heterocycles. The summed E-state index contributed by atoms with van der Waals surface area (Å²) >= 11 is 0. The van der Waals surface area contributed by atoms with Gasteiger partial charge in [0.15, 0.2) is 0 Å². The van der Waals surface area contributed by atoms with Crippen LogP contribution in [-0.2, 0) is 5.41 Å². The molecule has 0 spiro atoms. The molecule has 0 saturated carbocycles. The van der Waals surface area contributed by atoms with Gasteiger partial charge < -0.3 is 4.90 Å². The highest BCUT2D eigenvalue weighted by Crippen LogP contribution is 2.54. The number of hydrogen-bond donors (Lipinski definition) is 0. The molecule has 9 aromatic rings. The summed E-state index contributed by atoms with van der Waals surface area (Å²) in [6, 6.07) is 57.1. The zero-order valence-corrected chi connectivity index (χ0v) is 31.9. The standard InChI is InChI=1S/C53H43N/c1-32-12-26-48(34(3)28-32)54(49-27-13-33(2)29-35(49)4)41-21-24-43-45-30-40-19-22-42(38-16-14-37(15-17-38)36-10-8-7-9-11-36)44-23-18-39-20-25-46(52(45)51(39)50(40)44)53(5,6)47(43)31-41/h7-31H,1-6H3. The summed E-state index contributed by atoms with van der Waals surface area (Å²) in [6.07, 6.45) is 0. The Morgan fingerprint density at radius 3 is 1.70 bits per heavy atom. The average molecular weight is 694 g/mol. The van der Waals surface area contributed by atoms with E-state index in [9.17, 15) is 0 Å². The summed E-state index contributed by atoms with van der Waals surface area (Å²) < 4.78 is 0. The second kappa shape index (κ2) is 11.9. The van der Waals surface area contributed by atoms with E-state index in [1.807, 2.05) is 0 Å². The van der Waals surface area contributed by atoms with E-state index in [1.54, 1.807) is 0 Å². The molecule has 0 radical (unpaired) electrons. The van der Waals surface area contributed by atoms with Gasteiger partial charge in [0.1, 0.15) is 0 Å². The predicted molar refractivity (Wildman–Crippen MR) is 232 cm³/mol. The van der Waals surface area contributed by atoms with Crippen molar-refractivity contribution in [2.45, 2.75) is 47.0 Å². The Kier molecular flexibility index (Phi) is 7.17. The number of fused-ring (bicyclic) bond motifs is 2. The number of hydrogen-bond acceptors (Lipinski definition) is 1. The summed E-state index contributed by atoms with van der Waals surface area (Å²) in [4.78, 5) is 2.47. The van der Waals surface area contributed by atoms with Crippen LogP contribution in [0.5, 0.6) is 0 Å². The molecule has 0 aromatic heterocycles. The van der Waals surface area contributed by atoms with E-state index >= 15 is 0 Å². The van der Waals surface area contributed by atoms with E-state index < -0.39 is 0 Å². The lowest BCUT2D eigenvalue weighted by Crippen LogP contribution is -2.24. The zero-order chi connectivity index (χ0) is 36.9. The van der Waals surface area contributed by atoms with Crippen LogP contribution in [0.25, 0.3) is 65.7 Å². The summed E-state index contributed by atoms with van der Waals surface area (Å²) in [5.41, 5.74) is 18.9. The number of anilines is 3. The van der Waals surface area contributed by atoms with Crippen LogP contribution >= 0.6 is 0 Å². The van der Waals surface area contributed by atoms with Crippen molar-refractivity contribution >= 4 is 49.4 Å².